The van der Waals surface area contributed by atoms with Gasteiger partial charge in [-0.3, -0.25) is 0 Å². The number of morpholine rings is 1. The Morgan fingerprint density at radius 1 is 1.00 bits per heavy atom. The molecule has 31 heavy (non-hydrogen) atoms. The summed E-state index contributed by atoms with van der Waals surface area (Å²) in [5.74, 6) is 0. The van der Waals surface area contributed by atoms with Crippen molar-refractivity contribution >= 4 is 26.8 Å². The Morgan fingerprint density at radius 3 is 2.23 bits per heavy atom. The van der Waals surface area contributed by atoms with E-state index in [0.717, 1.165) is 6.07 Å². The van der Waals surface area contributed by atoms with E-state index in [-0.39, 0.29) is 43.9 Å². The molecule has 3 heterocycles. The molecule has 0 bridgehead atoms. The number of alkyl halides is 3. The van der Waals surface area contributed by atoms with Gasteiger partial charge in [0.05, 0.1) is 17.7 Å². The van der Waals surface area contributed by atoms with Crippen molar-refractivity contribution in [2.45, 2.75) is 32.2 Å². The molecule has 2 atom stereocenters. The molecule has 1 aromatic heterocycles. The molecule has 1 aromatic carbocycles. The van der Waals surface area contributed by atoms with Crippen LogP contribution in [0.2, 0.25) is 0 Å². The van der Waals surface area contributed by atoms with Gasteiger partial charge < -0.3 is 9.64 Å². The molecule has 7 nitrogen and oxygen atoms in total. The fourth-order valence-electron chi connectivity index (χ4n) is 4.21. The van der Waals surface area contributed by atoms with E-state index in [1.54, 1.807) is 29.2 Å². The lowest BCUT2D eigenvalue weighted by Crippen LogP contribution is -2.57. The van der Waals surface area contributed by atoms with Crippen molar-refractivity contribution in [3.8, 4) is 0 Å². The Kier molecular flexibility index (Phi) is 5.88. The summed E-state index contributed by atoms with van der Waals surface area (Å²) < 4.78 is 74.7. The lowest BCUT2D eigenvalue weighted by atomic mass is 10.1. The molecule has 4 rings (SSSR count). The zero-order chi connectivity index (χ0) is 22.4. The van der Waals surface area contributed by atoms with Crippen LogP contribution in [0.5, 0.6) is 0 Å². The summed E-state index contributed by atoms with van der Waals surface area (Å²) in [7, 11) is -3.66. The summed E-state index contributed by atoms with van der Waals surface area (Å²) in [6, 6.07) is 7.74. The van der Waals surface area contributed by atoms with Crippen molar-refractivity contribution in [2.75, 3.05) is 44.2 Å². The number of para-hydroxylation sites is 1. The maximum Gasteiger partial charge on any atom is 0.433 e. The van der Waals surface area contributed by atoms with Gasteiger partial charge in [0.2, 0.25) is 0 Å². The van der Waals surface area contributed by atoms with Gasteiger partial charge in [-0.25, -0.2) is 4.98 Å². The summed E-state index contributed by atoms with van der Waals surface area (Å²) in [4.78, 5) is 5.56. The van der Waals surface area contributed by atoms with Crippen molar-refractivity contribution in [1.29, 1.82) is 0 Å². The molecule has 2 aliphatic rings. The van der Waals surface area contributed by atoms with Crippen LogP contribution in [0.25, 0.3) is 10.9 Å². The molecule has 0 amide bonds. The number of halogens is 3. The highest BCUT2D eigenvalue weighted by molar-refractivity contribution is 7.86. The highest BCUT2D eigenvalue weighted by Crippen LogP contribution is 2.35. The van der Waals surface area contributed by atoms with E-state index in [4.69, 9.17) is 4.74 Å². The van der Waals surface area contributed by atoms with Crippen LogP contribution in [0, 0.1) is 0 Å². The van der Waals surface area contributed by atoms with Crippen LogP contribution >= 0.6 is 0 Å². The van der Waals surface area contributed by atoms with Crippen LogP contribution in [0.4, 0.5) is 18.9 Å². The van der Waals surface area contributed by atoms with E-state index in [9.17, 15) is 21.6 Å². The monoisotopic (exact) mass is 458 g/mol. The van der Waals surface area contributed by atoms with E-state index in [0.29, 0.717) is 24.2 Å². The summed E-state index contributed by atoms with van der Waals surface area (Å²) in [6.45, 7) is 5.22. The standard InChI is InChI=1S/C20H25F3N4O3S/c1-14-12-27(13-15(2)30-14)31(28,29)26-9-7-25(8-10-26)18-11-19(20(21,22)23)24-17-6-4-3-5-16(17)18/h3-6,11,14-15H,7-10,12-13H2,1-2H3/t14-,15-/m0/s1. The first-order valence-corrected chi connectivity index (χ1v) is 11.6. The maximum absolute atomic E-state index is 13.4. The smallest absolute Gasteiger partial charge is 0.373 e. The number of ether oxygens (including phenoxy) is 1. The molecule has 0 aliphatic carbocycles. The van der Waals surface area contributed by atoms with Crippen molar-refractivity contribution in [3.63, 3.8) is 0 Å². The fourth-order valence-corrected chi connectivity index (χ4v) is 5.95. The summed E-state index contributed by atoms with van der Waals surface area (Å²) >= 11 is 0. The Morgan fingerprint density at radius 2 is 1.61 bits per heavy atom. The molecule has 0 N–H and O–H groups in total. The molecule has 0 saturated carbocycles. The highest BCUT2D eigenvalue weighted by Gasteiger charge is 2.38. The number of anilines is 1. The van der Waals surface area contributed by atoms with Gasteiger partial charge in [-0.2, -0.15) is 30.2 Å². The Hall–Kier alpha value is -1.95. The predicted molar refractivity (Wildman–Crippen MR) is 111 cm³/mol. The number of nitrogens with zero attached hydrogens (tertiary/aromatic N) is 4. The van der Waals surface area contributed by atoms with Crippen molar-refractivity contribution in [3.05, 3.63) is 36.0 Å². The summed E-state index contributed by atoms with van der Waals surface area (Å²) in [6.07, 6.45) is -4.94. The average molecular weight is 459 g/mol. The van der Waals surface area contributed by atoms with Crippen LogP contribution in [-0.4, -0.2) is 73.5 Å². The zero-order valence-electron chi connectivity index (χ0n) is 17.3. The van der Waals surface area contributed by atoms with Gasteiger partial charge in [0, 0.05) is 50.3 Å². The first-order valence-electron chi connectivity index (χ1n) is 10.2. The molecule has 0 unspecified atom stereocenters. The van der Waals surface area contributed by atoms with E-state index in [1.807, 2.05) is 13.8 Å². The van der Waals surface area contributed by atoms with Crippen LogP contribution in [-0.2, 0) is 21.1 Å². The molecule has 2 aliphatic heterocycles. The van der Waals surface area contributed by atoms with Crippen LogP contribution < -0.4 is 4.90 Å². The van der Waals surface area contributed by atoms with Gasteiger partial charge in [-0.05, 0) is 26.0 Å². The topological polar surface area (TPSA) is 66.0 Å². The average Bonchev–Trinajstić information content (AvgIpc) is 2.71. The van der Waals surface area contributed by atoms with Gasteiger partial charge in [0.25, 0.3) is 10.2 Å². The third kappa shape index (κ3) is 4.50. The third-order valence-corrected chi connectivity index (χ3v) is 7.57. The lowest BCUT2D eigenvalue weighted by Gasteiger charge is -2.41. The minimum absolute atomic E-state index is 0.191. The van der Waals surface area contributed by atoms with Gasteiger partial charge in [-0.1, -0.05) is 18.2 Å². The second kappa shape index (κ2) is 8.19. The van der Waals surface area contributed by atoms with E-state index in [2.05, 4.69) is 4.98 Å². The Labute approximate surface area is 179 Å². The van der Waals surface area contributed by atoms with Crippen molar-refractivity contribution in [2.24, 2.45) is 0 Å². The third-order valence-electron chi connectivity index (χ3n) is 5.60. The molecular formula is C20H25F3N4O3S. The number of piperazine rings is 1. The fraction of sp³-hybridized carbons (Fsp3) is 0.550. The van der Waals surface area contributed by atoms with Crippen LogP contribution in [0.15, 0.2) is 30.3 Å². The first kappa shape index (κ1) is 22.3. The number of aromatic nitrogens is 1. The van der Waals surface area contributed by atoms with Gasteiger partial charge in [0.15, 0.2) is 0 Å². The minimum Gasteiger partial charge on any atom is -0.373 e. The van der Waals surface area contributed by atoms with E-state index in [1.165, 1.54) is 8.61 Å². The summed E-state index contributed by atoms with van der Waals surface area (Å²) in [5, 5.41) is 0.614. The van der Waals surface area contributed by atoms with Gasteiger partial charge >= 0.3 is 6.18 Å². The minimum atomic E-state index is -4.56. The molecule has 2 saturated heterocycles. The SMILES string of the molecule is C[C@H]1CN(S(=O)(=O)N2CCN(c3cc(C(F)(F)F)nc4ccccc34)CC2)C[C@H](C)O1. The van der Waals surface area contributed by atoms with Crippen LogP contribution in [0.1, 0.15) is 19.5 Å². The van der Waals surface area contributed by atoms with Gasteiger partial charge in [0.1, 0.15) is 5.69 Å². The second-order valence-corrected chi connectivity index (χ2v) is 9.94. The zero-order valence-corrected chi connectivity index (χ0v) is 18.2. The predicted octanol–water partition coefficient (Wildman–Crippen LogP) is 2.73. The van der Waals surface area contributed by atoms with Gasteiger partial charge in [-0.15, -0.1) is 0 Å². The molecule has 0 radical (unpaired) electrons. The lowest BCUT2D eigenvalue weighted by molar-refractivity contribution is -0.140. The van der Waals surface area contributed by atoms with Crippen molar-refractivity contribution < 1.29 is 26.3 Å². The van der Waals surface area contributed by atoms with Crippen LogP contribution in [0.3, 0.4) is 0 Å². The molecule has 11 heteroatoms. The quantitative estimate of drug-likeness (QED) is 0.708. The number of hydrogen-bond donors (Lipinski definition) is 0. The number of fused-ring (bicyclic) bond motifs is 1. The van der Waals surface area contributed by atoms with E-state index >= 15 is 0 Å². The number of pyridine rings is 1. The van der Waals surface area contributed by atoms with Crippen molar-refractivity contribution in [1.82, 2.24) is 13.6 Å². The number of rotatable bonds is 3. The van der Waals surface area contributed by atoms with E-state index < -0.39 is 22.1 Å². The molecule has 2 fully saturated rings. The number of hydrogen-bond acceptors (Lipinski definition) is 5. The second-order valence-electron chi connectivity index (χ2n) is 8.01. The molecule has 170 valence electrons. The highest BCUT2D eigenvalue weighted by atomic mass is 32.2. The molecule has 0 spiro atoms. The normalized spacial score (nSPS) is 24.6. The maximum atomic E-state index is 13.4. The Bertz CT molecular complexity index is 1050. The summed E-state index contributed by atoms with van der Waals surface area (Å²) in [5.41, 5.74) is -0.269. The largest absolute Gasteiger partial charge is 0.433 e. The first-order chi connectivity index (χ1) is 14.6. The molecular weight excluding hydrogens is 433 g/mol. The Balaban J connectivity index is 1.56. The molecule has 2 aromatic rings. The number of benzene rings is 1.